The average Bonchev–Trinajstić information content (AvgIpc) is 3.02. The minimum Gasteiger partial charge on any atom is -0.451 e. The Balaban J connectivity index is 1.34. The van der Waals surface area contributed by atoms with Gasteiger partial charge in [-0.2, -0.15) is 0 Å². The second-order valence-corrected chi connectivity index (χ2v) is 11.3. The van der Waals surface area contributed by atoms with Gasteiger partial charge in [-0.25, -0.2) is 4.39 Å². The molecule has 4 heterocycles. The van der Waals surface area contributed by atoms with Crippen LogP contribution in [-0.2, 0) is 4.74 Å². The van der Waals surface area contributed by atoms with Gasteiger partial charge in [0.05, 0.1) is 24.3 Å². The molecule has 1 N–H and O–H groups in total. The third-order valence-corrected chi connectivity index (χ3v) is 8.59. The topological polar surface area (TPSA) is 79.3 Å². The van der Waals surface area contributed by atoms with Crippen LogP contribution in [0.2, 0.25) is 0 Å². The van der Waals surface area contributed by atoms with Crippen molar-refractivity contribution in [3.63, 3.8) is 0 Å². The molecule has 0 bridgehead atoms. The lowest BCUT2D eigenvalue weighted by Crippen LogP contribution is -2.48. The summed E-state index contributed by atoms with van der Waals surface area (Å²) in [4.78, 5) is 33.8. The number of halogens is 1. The number of likely N-dealkylation sites (N-methyl/N-ethyl adjacent to an activating group) is 1. The molecular weight excluding hydrogens is 537 g/mol. The van der Waals surface area contributed by atoms with Gasteiger partial charge in [-0.05, 0) is 37.5 Å². The molecule has 2 saturated heterocycles. The quantitative estimate of drug-likeness (QED) is 0.310. The number of hydrogen-bond acceptors (Lipinski definition) is 7. The van der Waals surface area contributed by atoms with Gasteiger partial charge in [0.1, 0.15) is 16.8 Å². The monoisotopic (exact) mass is 571 g/mol. The number of fused-ring (bicyclic) bond motifs is 4. The number of carbonyl (C=O) groups excluding carboxylic acids is 1. The molecule has 0 spiro atoms. The number of ether oxygens (including phenoxy) is 2. The summed E-state index contributed by atoms with van der Waals surface area (Å²) in [5.74, 6) is -0.124. The lowest BCUT2D eigenvalue weighted by atomic mass is 10.0. The van der Waals surface area contributed by atoms with Crippen molar-refractivity contribution in [3.8, 4) is 17.2 Å². The fourth-order valence-electron chi connectivity index (χ4n) is 6.22. The summed E-state index contributed by atoms with van der Waals surface area (Å²) in [5, 5.41) is 5.28. The molecule has 0 radical (unpaired) electrons. The Kier molecular flexibility index (Phi) is 7.05. The van der Waals surface area contributed by atoms with E-state index in [1.807, 2.05) is 48.0 Å². The summed E-state index contributed by atoms with van der Waals surface area (Å²) >= 11 is 0. The number of morpholine rings is 1. The van der Waals surface area contributed by atoms with Crippen LogP contribution < -0.4 is 15.5 Å². The van der Waals surface area contributed by atoms with Crippen molar-refractivity contribution in [2.75, 3.05) is 77.9 Å². The van der Waals surface area contributed by atoms with Crippen molar-refractivity contribution in [1.82, 2.24) is 19.3 Å². The van der Waals surface area contributed by atoms with Crippen LogP contribution in [0.5, 0.6) is 11.5 Å². The summed E-state index contributed by atoms with van der Waals surface area (Å²) in [7, 11) is 2.01. The van der Waals surface area contributed by atoms with E-state index >= 15 is 4.39 Å². The summed E-state index contributed by atoms with van der Waals surface area (Å²) < 4.78 is 29.5. The Bertz CT molecular complexity index is 1740. The van der Waals surface area contributed by atoms with Crippen LogP contribution in [0.1, 0.15) is 16.8 Å². The molecule has 1 amide bonds. The molecule has 4 aromatic rings. The third kappa shape index (κ3) is 4.69. The zero-order valence-corrected chi connectivity index (χ0v) is 23.7. The molecule has 0 atom stereocenters. The van der Waals surface area contributed by atoms with Crippen LogP contribution in [0.3, 0.4) is 0 Å². The van der Waals surface area contributed by atoms with E-state index in [0.717, 1.165) is 68.8 Å². The van der Waals surface area contributed by atoms with Crippen molar-refractivity contribution in [2.24, 2.45) is 0 Å². The van der Waals surface area contributed by atoms with Gasteiger partial charge in [0.15, 0.2) is 17.3 Å². The first kappa shape index (κ1) is 26.9. The van der Waals surface area contributed by atoms with E-state index in [1.54, 1.807) is 11.1 Å². The maximum atomic E-state index is 15.8. The summed E-state index contributed by atoms with van der Waals surface area (Å²) in [6.45, 7) is 7.18. The van der Waals surface area contributed by atoms with Gasteiger partial charge in [0.2, 0.25) is 5.43 Å². The van der Waals surface area contributed by atoms with Gasteiger partial charge in [0.25, 0.3) is 5.91 Å². The maximum absolute atomic E-state index is 15.8. The third-order valence-electron chi connectivity index (χ3n) is 8.59. The summed E-state index contributed by atoms with van der Waals surface area (Å²) in [6.07, 6.45) is 2.44. The molecule has 0 saturated carbocycles. The SMILES string of the molecule is CN1CCN(C(=O)c2cn3c4c(c(NCCCN5CCOCC5)c(F)cc4c2=O)Oc2ccc4ccccc4c2-3)CC1. The van der Waals surface area contributed by atoms with Crippen LogP contribution in [0.4, 0.5) is 10.1 Å². The Morgan fingerprint density at radius 1 is 1.00 bits per heavy atom. The van der Waals surface area contributed by atoms with Crippen molar-refractivity contribution < 1.29 is 18.7 Å². The number of aromatic nitrogens is 1. The molecule has 0 unspecified atom stereocenters. The largest absolute Gasteiger partial charge is 0.451 e. The first-order valence-electron chi connectivity index (χ1n) is 14.6. The number of anilines is 1. The fraction of sp³-hybridized carbons (Fsp3) is 0.375. The van der Waals surface area contributed by atoms with E-state index in [-0.39, 0.29) is 28.3 Å². The number of hydrogen-bond donors (Lipinski definition) is 1. The molecule has 42 heavy (non-hydrogen) atoms. The zero-order valence-electron chi connectivity index (χ0n) is 23.7. The first-order valence-corrected chi connectivity index (χ1v) is 14.6. The van der Waals surface area contributed by atoms with Gasteiger partial charge in [-0.3, -0.25) is 14.5 Å². The number of rotatable bonds is 6. The molecule has 9 nitrogen and oxygen atoms in total. The zero-order chi connectivity index (χ0) is 28.8. The van der Waals surface area contributed by atoms with Crippen LogP contribution in [0.15, 0.2) is 53.5 Å². The van der Waals surface area contributed by atoms with Crippen LogP contribution in [0.25, 0.3) is 27.4 Å². The van der Waals surface area contributed by atoms with Crippen LogP contribution in [0, 0.1) is 5.82 Å². The van der Waals surface area contributed by atoms with E-state index in [0.29, 0.717) is 30.9 Å². The number of nitrogens with zero attached hydrogens (tertiary/aromatic N) is 4. The Morgan fingerprint density at radius 2 is 1.79 bits per heavy atom. The van der Waals surface area contributed by atoms with E-state index in [2.05, 4.69) is 15.1 Å². The molecule has 10 heteroatoms. The predicted octanol–water partition coefficient (Wildman–Crippen LogP) is 3.91. The van der Waals surface area contributed by atoms with Crippen molar-refractivity contribution in [2.45, 2.75) is 6.42 Å². The van der Waals surface area contributed by atoms with Crippen LogP contribution >= 0.6 is 0 Å². The molecule has 2 fully saturated rings. The molecule has 218 valence electrons. The minimum atomic E-state index is -0.582. The molecule has 3 aliphatic heterocycles. The number of carbonyl (C=O) groups is 1. The predicted molar refractivity (Wildman–Crippen MR) is 161 cm³/mol. The maximum Gasteiger partial charge on any atom is 0.259 e. The second-order valence-electron chi connectivity index (χ2n) is 11.3. The van der Waals surface area contributed by atoms with E-state index in [1.165, 1.54) is 6.07 Å². The van der Waals surface area contributed by atoms with E-state index < -0.39 is 11.2 Å². The molecular formula is C32H34FN5O4. The van der Waals surface area contributed by atoms with Crippen molar-refractivity contribution >= 4 is 33.3 Å². The highest BCUT2D eigenvalue weighted by Gasteiger charge is 2.31. The lowest BCUT2D eigenvalue weighted by molar-refractivity contribution is 0.0378. The van der Waals surface area contributed by atoms with Gasteiger partial charge in [0, 0.05) is 57.4 Å². The highest BCUT2D eigenvalue weighted by atomic mass is 19.1. The Morgan fingerprint density at radius 3 is 2.60 bits per heavy atom. The van der Waals surface area contributed by atoms with E-state index in [9.17, 15) is 9.59 Å². The number of amides is 1. The fourth-order valence-corrected chi connectivity index (χ4v) is 6.22. The van der Waals surface area contributed by atoms with Gasteiger partial charge in [-0.15, -0.1) is 0 Å². The highest BCUT2D eigenvalue weighted by molar-refractivity contribution is 6.04. The molecule has 1 aromatic heterocycles. The molecule has 3 aliphatic rings. The van der Waals surface area contributed by atoms with Crippen molar-refractivity contribution in [1.29, 1.82) is 0 Å². The standard InChI is InChI=1S/C32H34FN5O4/c1-35-11-13-37(14-12-35)32(40)24-20-38-28-22-6-3-2-5-21(22)7-8-26(28)42-31-27(25(33)19-23(29(31)38)30(24)39)34-9-4-10-36-15-17-41-18-16-36/h2-3,5-8,19-20,34H,4,9-18H2,1H3. The summed E-state index contributed by atoms with van der Waals surface area (Å²) in [5.41, 5.74) is 0.939. The number of piperazine rings is 1. The van der Waals surface area contributed by atoms with Crippen LogP contribution in [-0.4, -0.2) is 97.8 Å². The molecule has 7 rings (SSSR count). The smallest absolute Gasteiger partial charge is 0.259 e. The second kappa shape index (κ2) is 11.0. The van der Waals surface area contributed by atoms with Gasteiger partial charge in [-0.1, -0.05) is 30.3 Å². The summed E-state index contributed by atoms with van der Waals surface area (Å²) in [6, 6.07) is 13.0. The Labute approximate surface area is 243 Å². The Hall–Kier alpha value is -3.99. The average molecular weight is 572 g/mol. The highest BCUT2D eigenvalue weighted by Crippen LogP contribution is 2.47. The number of benzene rings is 3. The lowest BCUT2D eigenvalue weighted by Gasteiger charge is -2.33. The minimum absolute atomic E-state index is 0.0319. The normalized spacial score (nSPS) is 17.3. The number of nitrogens with one attached hydrogen (secondary N) is 1. The van der Waals surface area contributed by atoms with Gasteiger partial charge < -0.3 is 29.2 Å². The molecule has 3 aromatic carbocycles. The molecule has 0 aliphatic carbocycles. The van der Waals surface area contributed by atoms with Gasteiger partial charge >= 0.3 is 0 Å². The van der Waals surface area contributed by atoms with Crippen molar-refractivity contribution in [3.05, 3.63) is 70.3 Å². The first-order chi connectivity index (χ1) is 20.5. The number of pyridine rings is 1. The van der Waals surface area contributed by atoms with E-state index in [4.69, 9.17) is 9.47 Å².